The Hall–Kier alpha value is -1.14. The van der Waals surface area contributed by atoms with Gasteiger partial charge in [-0.25, -0.2) is 0 Å². The van der Waals surface area contributed by atoms with Gasteiger partial charge in [-0.15, -0.1) is 0 Å². The standard InChI is InChI=1S/C79H157NO5/c1-3-5-7-9-11-13-15-17-19-20-21-22-35-38-41-44-47-51-55-59-63-67-71-77(82)76(75-81)80-78(83)72-68-64-60-56-52-48-45-42-39-36-33-31-29-27-25-23-24-26-28-30-32-34-37-40-43-46-50-54-58-62-66-70-74-85-79(84)73-69-65-61-57-53-49-18-16-14-12-10-8-6-4-2/h76-77,81-82H,3-75H2,1-2H3,(H,80,83). The number of aliphatic hydroxyl groups is 2. The van der Waals surface area contributed by atoms with E-state index in [0.717, 1.165) is 38.5 Å². The highest BCUT2D eigenvalue weighted by Crippen LogP contribution is 2.21. The van der Waals surface area contributed by atoms with Crippen molar-refractivity contribution in [3.8, 4) is 0 Å². The summed E-state index contributed by atoms with van der Waals surface area (Å²) in [6.45, 7) is 5.02. The smallest absolute Gasteiger partial charge is 0.305 e. The third kappa shape index (κ3) is 71.8. The maximum atomic E-state index is 12.6. The minimum Gasteiger partial charge on any atom is -0.466 e. The largest absolute Gasteiger partial charge is 0.466 e. The summed E-state index contributed by atoms with van der Waals surface area (Å²) in [5.74, 6) is 0.000868. The van der Waals surface area contributed by atoms with Crippen LogP contribution in [0.15, 0.2) is 0 Å². The second kappa shape index (κ2) is 75.3. The number of esters is 1. The lowest BCUT2D eigenvalue weighted by molar-refractivity contribution is -0.143. The van der Waals surface area contributed by atoms with Crippen molar-refractivity contribution in [2.24, 2.45) is 0 Å². The first-order valence-corrected chi connectivity index (χ1v) is 39.8. The van der Waals surface area contributed by atoms with Gasteiger partial charge in [0.2, 0.25) is 5.91 Å². The molecule has 6 nitrogen and oxygen atoms in total. The minimum atomic E-state index is -0.661. The fourth-order valence-corrected chi connectivity index (χ4v) is 13.1. The molecular weight excluding hydrogens is 1040 g/mol. The number of nitrogens with one attached hydrogen (secondary N) is 1. The van der Waals surface area contributed by atoms with Gasteiger partial charge in [0, 0.05) is 12.8 Å². The van der Waals surface area contributed by atoms with E-state index in [1.54, 1.807) is 0 Å². The highest BCUT2D eigenvalue weighted by atomic mass is 16.5. The first kappa shape index (κ1) is 83.9. The van der Waals surface area contributed by atoms with E-state index < -0.39 is 12.1 Å². The maximum Gasteiger partial charge on any atom is 0.305 e. The molecule has 0 rings (SSSR count). The molecule has 2 atom stereocenters. The molecule has 0 aliphatic heterocycles. The topological polar surface area (TPSA) is 95.9 Å². The van der Waals surface area contributed by atoms with Gasteiger partial charge in [-0.2, -0.15) is 0 Å². The third-order valence-corrected chi connectivity index (χ3v) is 19.2. The van der Waals surface area contributed by atoms with Gasteiger partial charge >= 0.3 is 5.97 Å². The molecule has 508 valence electrons. The van der Waals surface area contributed by atoms with Crippen LogP contribution in [0, 0.1) is 0 Å². The van der Waals surface area contributed by atoms with E-state index in [9.17, 15) is 19.8 Å². The second-order valence-corrected chi connectivity index (χ2v) is 27.8. The van der Waals surface area contributed by atoms with Crippen molar-refractivity contribution in [2.45, 2.75) is 482 Å². The van der Waals surface area contributed by atoms with E-state index in [1.165, 1.54) is 398 Å². The predicted octanol–water partition coefficient (Wildman–Crippen LogP) is 26.1. The molecule has 0 saturated heterocycles. The van der Waals surface area contributed by atoms with Gasteiger partial charge in [-0.3, -0.25) is 9.59 Å². The van der Waals surface area contributed by atoms with Gasteiger partial charge in [0.05, 0.1) is 25.4 Å². The Morgan fingerprint density at radius 3 is 0.718 bits per heavy atom. The molecule has 2 unspecified atom stereocenters. The number of amides is 1. The molecule has 0 aromatic rings. The normalized spacial score (nSPS) is 12.4. The van der Waals surface area contributed by atoms with Crippen molar-refractivity contribution >= 4 is 11.9 Å². The van der Waals surface area contributed by atoms with Gasteiger partial charge in [-0.05, 0) is 25.7 Å². The molecule has 0 bridgehead atoms. The fourth-order valence-electron chi connectivity index (χ4n) is 13.1. The third-order valence-electron chi connectivity index (χ3n) is 19.2. The van der Waals surface area contributed by atoms with Crippen molar-refractivity contribution < 1.29 is 24.5 Å². The number of unbranched alkanes of at least 4 members (excludes halogenated alkanes) is 65. The van der Waals surface area contributed by atoms with Gasteiger partial charge < -0.3 is 20.3 Å². The van der Waals surface area contributed by atoms with Crippen LogP contribution in [0.4, 0.5) is 0 Å². The molecule has 0 radical (unpaired) electrons. The Bertz CT molecular complexity index is 1240. The zero-order valence-corrected chi connectivity index (χ0v) is 58.4. The van der Waals surface area contributed by atoms with Crippen molar-refractivity contribution in [1.29, 1.82) is 0 Å². The SMILES string of the molecule is CCCCCCCCCCCCCCCCCCCCCCCCC(O)C(CO)NC(=O)CCCCCCCCCCCCCCCCCCCCCCCCCCCCCCCCCCOC(=O)CCCCCCCCCCCCCCCC. The lowest BCUT2D eigenvalue weighted by atomic mass is 10.0. The summed E-state index contributed by atoms with van der Waals surface area (Å²) in [4.78, 5) is 24.6. The number of carbonyl (C=O) groups is 2. The Labute approximate surface area is 534 Å². The quantitative estimate of drug-likeness (QED) is 0.0417. The monoisotopic (exact) mass is 1200 g/mol. The van der Waals surface area contributed by atoms with Crippen LogP contribution in [-0.4, -0.2) is 47.4 Å². The maximum absolute atomic E-state index is 12.6. The molecule has 3 N–H and O–H groups in total. The Balaban J connectivity index is 3.31. The average Bonchev–Trinajstić information content (AvgIpc) is 3.51. The first-order valence-electron chi connectivity index (χ1n) is 39.8. The van der Waals surface area contributed by atoms with Gasteiger partial charge in [-0.1, -0.05) is 431 Å². The molecule has 0 heterocycles. The number of carbonyl (C=O) groups excluding carboxylic acids is 2. The van der Waals surface area contributed by atoms with Crippen LogP contribution in [0.1, 0.15) is 470 Å². The van der Waals surface area contributed by atoms with Gasteiger partial charge in [0.25, 0.3) is 0 Å². The predicted molar refractivity (Wildman–Crippen MR) is 375 cm³/mol. The first-order chi connectivity index (χ1) is 42.0. The van der Waals surface area contributed by atoms with Crippen molar-refractivity contribution in [3.05, 3.63) is 0 Å². The summed E-state index contributed by atoms with van der Waals surface area (Å²) in [6, 6.07) is -0.538. The lowest BCUT2D eigenvalue weighted by Crippen LogP contribution is -2.45. The van der Waals surface area contributed by atoms with Crippen molar-refractivity contribution in [1.82, 2.24) is 5.32 Å². The second-order valence-electron chi connectivity index (χ2n) is 27.8. The minimum absolute atomic E-state index is 0.0241. The van der Waals surface area contributed by atoms with E-state index in [4.69, 9.17) is 4.74 Å². The fraction of sp³-hybridized carbons (Fsp3) is 0.975. The van der Waals surface area contributed by atoms with E-state index in [2.05, 4.69) is 19.2 Å². The summed E-state index contributed by atoms with van der Waals surface area (Å²) >= 11 is 0. The van der Waals surface area contributed by atoms with Crippen LogP contribution in [0.2, 0.25) is 0 Å². The summed E-state index contributed by atoms with van der Waals surface area (Å²) in [5.41, 5.74) is 0. The molecule has 0 aliphatic carbocycles. The molecule has 0 fully saturated rings. The lowest BCUT2D eigenvalue weighted by Gasteiger charge is -2.22. The van der Waals surface area contributed by atoms with Gasteiger partial charge in [0.1, 0.15) is 0 Å². The van der Waals surface area contributed by atoms with E-state index in [0.29, 0.717) is 25.9 Å². The highest BCUT2D eigenvalue weighted by molar-refractivity contribution is 5.76. The molecule has 85 heavy (non-hydrogen) atoms. The number of aliphatic hydroxyl groups excluding tert-OH is 2. The van der Waals surface area contributed by atoms with Crippen LogP contribution in [0.3, 0.4) is 0 Å². The van der Waals surface area contributed by atoms with E-state index >= 15 is 0 Å². The number of hydrogen-bond donors (Lipinski definition) is 3. The number of hydrogen-bond acceptors (Lipinski definition) is 5. The Kier molecular flexibility index (Phi) is 74.3. The highest BCUT2D eigenvalue weighted by Gasteiger charge is 2.20. The van der Waals surface area contributed by atoms with Gasteiger partial charge in [0.15, 0.2) is 0 Å². The van der Waals surface area contributed by atoms with E-state index in [-0.39, 0.29) is 18.5 Å². The molecule has 1 amide bonds. The summed E-state index contributed by atoms with van der Waals surface area (Å²) in [5, 5.41) is 23.5. The van der Waals surface area contributed by atoms with Crippen LogP contribution >= 0.6 is 0 Å². The molecular formula is C79H157NO5. The molecule has 6 heteroatoms. The average molecular weight is 1200 g/mol. The summed E-state index contributed by atoms with van der Waals surface area (Å²) in [7, 11) is 0. The number of ether oxygens (including phenoxy) is 1. The number of rotatable bonds is 76. The Morgan fingerprint density at radius 1 is 0.282 bits per heavy atom. The van der Waals surface area contributed by atoms with Crippen LogP contribution in [-0.2, 0) is 14.3 Å². The molecule has 0 spiro atoms. The van der Waals surface area contributed by atoms with E-state index in [1.807, 2.05) is 0 Å². The van der Waals surface area contributed by atoms with Crippen molar-refractivity contribution in [3.63, 3.8) is 0 Å². The Morgan fingerprint density at radius 2 is 0.482 bits per heavy atom. The molecule has 0 aromatic carbocycles. The molecule has 0 aromatic heterocycles. The van der Waals surface area contributed by atoms with Crippen molar-refractivity contribution in [2.75, 3.05) is 13.2 Å². The summed E-state index contributed by atoms with van der Waals surface area (Å²) in [6.07, 6.45) is 93.4. The van der Waals surface area contributed by atoms with Crippen LogP contribution in [0.25, 0.3) is 0 Å². The zero-order valence-electron chi connectivity index (χ0n) is 58.4. The zero-order chi connectivity index (χ0) is 61.3. The van der Waals surface area contributed by atoms with Crippen LogP contribution < -0.4 is 5.32 Å². The molecule has 0 aliphatic rings. The molecule has 0 saturated carbocycles. The summed E-state index contributed by atoms with van der Waals surface area (Å²) < 4.78 is 5.50. The van der Waals surface area contributed by atoms with Crippen LogP contribution in [0.5, 0.6) is 0 Å².